The number of hydrogen-bond donors (Lipinski definition) is 1. The lowest BCUT2D eigenvalue weighted by molar-refractivity contribution is -0.119. The molecule has 1 amide bonds. The second kappa shape index (κ2) is 11.1. The first kappa shape index (κ1) is 26.6. The number of aromatic carboxylic acids is 1. The molecule has 0 unspecified atom stereocenters. The first-order valence-electron chi connectivity index (χ1n) is 14.0. The first-order chi connectivity index (χ1) is 19.9. The zero-order chi connectivity index (χ0) is 28.5. The Bertz CT molecular complexity index is 1610. The minimum absolute atomic E-state index is 0.119. The third-order valence-electron chi connectivity index (χ3n) is 8.10. The van der Waals surface area contributed by atoms with Gasteiger partial charge < -0.3 is 19.5 Å². The van der Waals surface area contributed by atoms with Gasteiger partial charge in [0.1, 0.15) is 11.5 Å². The van der Waals surface area contributed by atoms with E-state index in [1.165, 1.54) is 5.56 Å². The number of carboxylic acids is 1. The molecule has 2 atom stereocenters. The fraction of sp³-hybridized carbons (Fsp3) is 0.303. The molecule has 1 aliphatic carbocycles. The maximum Gasteiger partial charge on any atom is 0.335 e. The van der Waals surface area contributed by atoms with Crippen LogP contribution in [0.4, 0.5) is 5.69 Å². The molecule has 1 saturated carbocycles. The van der Waals surface area contributed by atoms with Crippen LogP contribution in [-0.2, 0) is 11.3 Å². The molecule has 0 spiro atoms. The Balaban J connectivity index is 1.15. The predicted molar refractivity (Wildman–Crippen MR) is 156 cm³/mol. The molecule has 0 radical (unpaired) electrons. The number of benzene rings is 3. The van der Waals surface area contributed by atoms with Gasteiger partial charge in [0, 0.05) is 36.0 Å². The fourth-order valence-electron chi connectivity index (χ4n) is 5.89. The molecule has 2 aliphatic rings. The number of aromatic nitrogens is 2. The highest BCUT2D eigenvalue weighted by Crippen LogP contribution is 2.57. The highest BCUT2D eigenvalue weighted by molar-refractivity contribution is 5.97. The van der Waals surface area contributed by atoms with Crippen molar-refractivity contribution < 1.29 is 24.2 Å². The van der Waals surface area contributed by atoms with Crippen molar-refractivity contribution in [2.75, 3.05) is 25.2 Å². The van der Waals surface area contributed by atoms with Crippen molar-refractivity contribution in [3.63, 3.8) is 0 Å². The Morgan fingerprint density at radius 1 is 1.07 bits per heavy atom. The lowest BCUT2D eigenvalue weighted by Crippen LogP contribution is -2.36. The molecule has 1 N–H and O–H groups in total. The number of rotatable bonds is 10. The van der Waals surface area contributed by atoms with Crippen LogP contribution in [0, 0.1) is 12.8 Å². The monoisotopic (exact) mass is 551 g/mol. The summed E-state index contributed by atoms with van der Waals surface area (Å²) in [6.07, 6.45) is 5.98. The molecule has 6 rings (SSSR count). The van der Waals surface area contributed by atoms with E-state index in [1.807, 2.05) is 59.2 Å². The van der Waals surface area contributed by atoms with Crippen LogP contribution in [0.25, 0.3) is 11.1 Å². The van der Waals surface area contributed by atoms with E-state index in [9.17, 15) is 14.7 Å². The zero-order valence-corrected chi connectivity index (χ0v) is 23.2. The minimum atomic E-state index is -0.943. The van der Waals surface area contributed by atoms with Crippen LogP contribution in [0.3, 0.4) is 0 Å². The maximum absolute atomic E-state index is 13.4. The normalized spacial score (nSPS) is 17.0. The summed E-state index contributed by atoms with van der Waals surface area (Å²) in [7, 11) is 1.65. The van der Waals surface area contributed by atoms with Gasteiger partial charge in [-0.05, 0) is 78.6 Å². The second-order valence-corrected chi connectivity index (χ2v) is 10.8. The molecular weight excluding hydrogens is 518 g/mol. The predicted octanol–water partition coefficient (Wildman–Crippen LogP) is 5.92. The molecule has 8 heteroatoms. The summed E-state index contributed by atoms with van der Waals surface area (Å²) in [4.78, 5) is 26.7. The van der Waals surface area contributed by atoms with Crippen LogP contribution < -0.4 is 14.4 Å². The van der Waals surface area contributed by atoms with Crippen LogP contribution in [0.2, 0.25) is 0 Å². The van der Waals surface area contributed by atoms with Gasteiger partial charge in [0.25, 0.3) is 0 Å². The lowest BCUT2D eigenvalue weighted by atomic mass is 9.92. The van der Waals surface area contributed by atoms with E-state index in [4.69, 9.17) is 9.47 Å². The Morgan fingerprint density at radius 3 is 2.71 bits per heavy atom. The molecule has 41 heavy (non-hydrogen) atoms. The van der Waals surface area contributed by atoms with Gasteiger partial charge in [-0.25, -0.2) is 4.79 Å². The van der Waals surface area contributed by atoms with Crippen molar-refractivity contribution in [2.45, 2.75) is 38.6 Å². The van der Waals surface area contributed by atoms with Gasteiger partial charge in [-0.3, -0.25) is 9.48 Å². The highest BCUT2D eigenvalue weighted by atomic mass is 16.5. The largest absolute Gasteiger partial charge is 0.496 e. The molecule has 210 valence electrons. The number of ether oxygens (including phenoxy) is 2. The fourth-order valence-corrected chi connectivity index (χ4v) is 5.89. The molecule has 3 aromatic carbocycles. The molecule has 1 fully saturated rings. The molecule has 0 bridgehead atoms. The number of hydrogen-bond acceptors (Lipinski definition) is 5. The Kier molecular flexibility index (Phi) is 7.22. The van der Waals surface area contributed by atoms with Gasteiger partial charge in [0.15, 0.2) is 0 Å². The lowest BCUT2D eigenvalue weighted by Gasteiger charge is -2.30. The average Bonchev–Trinajstić information content (AvgIpc) is 3.63. The number of nitrogens with zero attached hydrogens (tertiary/aromatic N) is 3. The van der Waals surface area contributed by atoms with Crippen LogP contribution in [0.1, 0.15) is 52.2 Å². The molecule has 1 aliphatic heterocycles. The second-order valence-electron chi connectivity index (χ2n) is 10.8. The number of carbonyl (C=O) groups is 2. The van der Waals surface area contributed by atoms with E-state index in [-0.39, 0.29) is 11.5 Å². The SMILES string of the molecule is COc1cccc(OCCCC(=O)N2C[C@@H]3C[C@@H]3c3c(-c4cnn(Cc5cccc(C(=O)O)c5)c4)cccc32)c1C. The molecule has 0 saturated heterocycles. The van der Waals surface area contributed by atoms with Gasteiger partial charge in [-0.2, -0.15) is 5.10 Å². The third kappa shape index (κ3) is 5.42. The Hall–Kier alpha value is -4.59. The summed E-state index contributed by atoms with van der Waals surface area (Å²) in [5.74, 6) is 1.68. The van der Waals surface area contributed by atoms with E-state index < -0.39 is 5.97 Å². The van der Waals surface area contributed by atoms with E-state index >= 15 is 0 Å². The Morgan fingerprint density at radius 2 is 1.88 bits per heavy atom. The Labute approximate surface area is 239 Å². The zero-order valence-electron chi connectivity index (χ0n) is 23.2. The third-order valence-corrected chi connectivity index (χ3v) is 8.10. The van der Waals surface area contributed by atoms with E-state index in [1.54, 1.807) is 25.3 Å². The number of methoxy groups -OCH3 is 1. The van der Waals surface area contributed by atoms with Gasteiger partial charge in [-0.1, -0.05) is 30.3 Å². The van der Waals surface area contributed by atoms with Crippen molar-refractivity contribution in [2.24, 2.45) is 5.92 Å². The van der Waals surface area contributed by atoms with Crippen molar-refractivity contribution in [1.29, 1.82) is 0 Å². The van der Waals surface area contributed by atoms with Gasteiger partial charge in [0.05, 0.1) is 32.0 Å². The van der Waals surface area contributed by atoms with Gasteiger partial charge in [0.2, 0.25) is 5.91 Å². The van der Waals surface area contributed by atoms with E-state index in [0.29, 0.717) is 37.8 Å². The number of amides is 1. The van der Waals surface area contributed by atoms with Crippen LogP contribution in [-0.4, -0.2) is 47.0 Å². The summed E-state index contributed by atoms with van der Waals surface area (Å²) < 4.78 is 13.2. The van der Waals surface area contributed by atoms with Crippen LogP contribution >= 0.6 is 0 Å². The molecular formula is C33H33N3O5. The molecule has 2 heterocycles. The summed E-state index contributed by atoms with van der Waals surface area (Å²) in [5.41, 5.74) is 6.42. The number of anilines is 1. The minimum Gasteiger partial charge on any atom is -0.496 e. The number of carboxylic acid groups (broad SMARTS) is 1. The standard InChI is InChI=1S/C33H33N3O5/c1-21-29(40-2)11-5-12-30(21)41-14-6-13-31(37)36-20-24-16-27(24)32-26(9-4-10-28(32)36)25-17-34-35(19-25)18-22-7-3-8-23(15-22)33(38)39/h3-5,7-12,15,17,19,24,27H,6,13-14,16,18,20H2,1-2H3,(H,38,39)/t24-,27-/m0/s1. The summed E-state index contributed by atoms with van der Waals surface area (Å²) in [5, 5.41) is 13.9. The maximum atomic E-state index is 13.4. The van der Waals surface area contributed by atoms with Gasteiger partial charge >= 0.3 is 5.97 Å². The molecule has 1 aromatic heterocycles. The quantitative estimate of drug-likeness (QED) is 0.246. The summed E-state index contributed by atoms with van der Waals surface area (Å²) >= 11 is 0. The van der Waals surface area contributed by atoms with Crippen molar-refractivity contribution in [3.05, 3.63) is 95.3 Å². The average molecular weight is 552 g/mol. The smallest absolute Gasteiger partial charge is 0.335 e. The summed E-state index contributed by atoms with van der Waals surface area (Å²) in [6.45, 7) is 3.66. The van der Waals surface area contributed by atoms with Crippen LogP contribution in [0.5, 0.6) is 11.5 Å². The molecule has 4 aromatic rings. The van der Waals surface area contributed by atoms with Crippen LogP contribution in [0.15, 0.2) is 73.1 Å². The number of carbonyl (C=O) groups excluding carboxylic acids is 1. The van der Waals surface area contributed by atoms with E-state index in [0.717, 1.165) is 52.4 Å². The van der Waals surface area contributed by atoms with Crippen molar-refractivity contribution in [3.8, 4) is 22.6 Å². The topological polar surface area (TPSA) is 93.9 Å². The van der Waals surface area contributed by atoms with Gasteiger partial charge in [-0.15, -0.1) is 0 Å². The first-order valence-corrected chi connectivity index (χ1v) is 14.0. The van der Waals surface area contributed by atoms with E-state index in [2.05, 4.69) is 17.2 Å². The molecule has 8 nitrogen and oxygen atoms in total. The van der Waals surface area contributed by atoms with Crippen molar-refractivity contribution in [1.82, 2.24) is 9.78 Å². The van der Waals surface area contributed by atoms with Crippen molar-refractivity contribution >= 4 is 17.6 Å². The highest BCUT2D eigenvalue weighted by Gasteiger charge is 2.47. The summed E-state index contributed by atoms with van der Waals surface area (Å²) in [6, 6.07) is 18.8. The number of fused-ring (bicyclic) bond motifs is 3.